The normalized spacial score (nSPS) is 31.6. The third-order valence-electron chi connectivity index (χ3n) is 8.80. The fraction of sp³-hybridized carbons (Fsp3) is 0.727. The fourth-order valence-electron chi connectivity index (χ4n) is 5.64. The minimum absolute atomic E-state index is 0.00637. The summed E-state index contributed by atoms with van der Waals surface area (Å²) in [6.45, 7) is 14.5. The molecule has 3 heterocycles. The van der Waals surface area contributed by atoms with Gasteiger partial charge in [-0.2, -0.15) is 0 Å². The van der Waals surface area contributed by atoms with Crippen molar-refractivity contribution in [2.45, 2.75) is 84.5 Å². The number of ether oxygens (including phenoxy) is 2. The largest absolute Gasteiger partial charge is 0.457 e. The molecule has 0 bridgehead atoms. The van der Waals surface area contributed by atoms with E-state index in [2.05, 4.69) is 10.2 Å². The predicted molar refractivity (Wildman–Crippen MR) is 167 cm³/mol. The summed E-state index contributed by atoms with van der Waals surface area (Å²) in [5.74, 6) is -0.384. The first-order chi connectivity index (χ1) is 20.4. The number of urea groups is 1. The zero-order chi connectivity index (χ0) is 31.6. The highest BCUT2D eigenvalue weighted by molar-refractivity contribution is 5.74. The molecule has 0 aromatic carbocycles. The minimum Gasteiger partial charge on any atom is -0.457 e. The van der Waals surface area contributed by atoms with E-state index < -0.39 is 23.9 Å². The lowest BCUT2D eigenvalue weighted by Crippen LogP contribution is -2.50. The molecular formula is C33H54N4O6. The van der Waals surface area contributed by atoms with Gasteiger partial charge in [-0.3, -0.25) is 4.79 Å². The van der Waals surface area contributed by atoms with Crippen molar-refractivity contribution >= 4 is 18.1 Å². The number of piperazine rings is 1. The molecule has 2 N–H and O–H groups in total. The molecule has 0 saturated carbocycles. The van der Waals surface area contributed by atoms with Gasteiger partial charge in [0.1, 0.15) is 11.7 Å². The van der Waals surface area contributed by atoms with Crippen molar-refractivity contribution in [3.8, 4) is 0 Å². The number of rotatable bonds is 6. The molecule has 10 heteroatoms. The van der Waals surface area contributed by atoms with Crippen LogP contribution in [-0.2, 0) is 14.3 Å². The van der Waals surface area contributed by atoms with Crippen molar-refractivity contribution < 1.29 is 29.0 Å². The molecule has 0 aliphatic carbocycles. The van der Waals surface area contributed by atoms with Crippen molar-refractivity contribution in [3.05, 3.63) is 36.0 Å². The van der Waals surface area contributed by atoms with Gasteiger partial charge in [-0.25, -0.2) is 9.59 Å². The summed E-state index contributed by atoms with van der Waals surface area (Å²) < 4.78 is 11.9. The van der Waals surface area contributed by atoms with Gasteiger partial charge in [0.15, 0.2) is 6.10 Å². The lowest BCUT2D eigenvalue weighted by Gasteiger charge is -2.36. The number of esters is 1. The van der Waals surface area contributed by atoms with Crippen LogP contribution in [0.3, 0.4) is 0 Å². The predicted octanol–water partition coefficient (Wildman–Crippen LogP) is 4.36. The second-order valence-electron chi connectivity index (χ2n) is 13.1. The van der Waals surface area contributed by atoms with Gasteiger partial charge in [0.25, 0.3) is 0 Å². The summed E-state index contributed by atoms with van der Waals surface area (Å²) in [5.41, 5.74) is -0.420. The number of cyclic esters (lactones) is 1. The summed E-state index contributed by atoms with van der Waals surface area (Å²) in [7, 11) is 2.03. The lowest BCUT2D eigenvalue weighted by molar-refractivity contribution is -0.150. The van der Waals surface area contributed by atoms with Gasteiger partial charge in [0.2, 0.25) is 0 Å². The van der Waals surface area contributed by atoms with E-state index in [9.17, 15) is 19.5 Å². The molecule has 2 fully saturated rings. The van der Waals surface area contributed by atoms with E-state index in [0.29, 0.717) is 32.5 Å². The molecule has 6 atom stereocenters. The Morgan fingerprint density at radius 3 is 2.49 bits per heavy atom. The maximum absolute atomic E-state index is 13.0. The molecule has 10 nitrogen and oxygen atoms in total. The molecule has 0 aromatic rings. The van der Waals surface area contributed by atoms with Crippen molar-refractivity contribution in [1.82, 2.24) is 20.0 Å². The molecule has 0 spiro atoms. The van der Waals surface area contributed by atoms with E-state index in [1.165, 1.54) is 0 Å². The maximum atomic E-state index is 13.0. The van der Waals surface area contributed by atoms with Crippen LogP contribution in [0.25, 0.3) is 0 Å². The summed E-state index contributed by atoms with van der Waals surface area (Å²) >= 11 is 0. The van der Waals surface area contributed by atoms with Crippen molar-refractivity contribution in [1.29, 1.82) is 0 Å². The van der Waals surface area contributed by atoms with Crippen LogP contribution in [-0.4, -0.2) is 109 Å². The number of allylic oxidation sites excluding steroid dienone is 2. The average Bonchev–Trinajstić information content (AvgIpc) is 3.50. The number of nitrogens with one attached hydrogen (secondary N) is 1. The molecule has 3 rings (SSSR count). The first-order valence-corrected chi connectivity index (χ1v) is 16.0. The third kappa shape index (κ3) is 11.0. The number of aliphatic hydroxyl groups is 1. The average molecular weight is 603 g/mol. The van der Waals surface area contributed by atoms with Crippen LogP contribution in [0.1, 0.15) is 66.7 Å². The molecule has 3 amide bonds. The Balaban J connectivity index is 1.71. The first kappa shape index (κ1) is 34.6. The van der Waals surface area contributed by atoms with E-state index in [-0.39, 0.29) is 36.2 Å². The zero-order valence-corrected chi connectivity index (χ0v) is 27.1. The summed E-state index contributed by atoms with van der Waals surface area (Å²) in [5, 5.41) is 14.4. The Kier molecular flexibility index (Phi) is 13.1. The molecule has 0 aromatic heterocycles. The van der Waals surface area contributed by atoms with Crippen LogP contribution in [0.5, 0.6) is 0 Å². The Morgan fingerprint density at radius 2 is 1.81 bits per heavy atom. The molecule has 2 saturated heterocycles. The summed E-state index contributed by atoms with van der Waals surface area (Å²) in [6, 6.07) is -0.00839. The van der Waals surface area contributed by atoms with Crippen LogP contribution >= 0.6 is 0 Å². The minimum atomic E-state index is -1.29. The van der Waals surface area contributed by atoms with Gasteiger partial charge in [-0.1, -0.05) is 45.1 Å². The summed E-state index contributed by atoms with van der Waals surface area (Å²) in [6.07, 6.45) is 11.1. The van der Waals surface area contributed by atoms with Crippen LogP contribution in [0.15, 0.2) is 36.0 Å². The third-order valence-corrected chi connectivity index (χ3v) is 8.80. The highest BCUT2D eigenvalue weighted by atomic mass is 16.6. The maximum Gasteiger partial charge on any atom is 0.410 e. The Labute approximate surface area is 258 Å². The highest BCUT2D eigenvalue weighted by Gasteiger charge is 2.36. The molecule has 3 aliphatic rings. The van der Waals surface area contributed by atoms with Gasteiger partial charge in [0, 0.05) is 58.2 Å². The quantitative estimate of drug-likeness (QED) is 0.264. The first-order valence-electron chi connectivity index (χ1n) is 16.0. The second kappa shape index (κ2) is 16.3. The monoisotopic (exact) mass is 602 g/mol. The fourth-order valence-corrected chi connectivity index (χ4v) is 5.64. The van der Waals surface area contributed by atoms with Gasteiger partial charge in [0.05, 0.1) is 0 Å². The smallest absolute Gasteiger partial charge is 0.410 e. The Bertz CT molecular complexity index is 1030. The molecule has 0 radical (unpaired) electrons. The van der Waals surface area contributed by atoms with Gasteiger partial charge in [-0.15, -0.1) is 0 Å². The van der Waals surface area contributed by atoms with Gasteiger partial charge >= 0.3 is 18.1 Å². The highest BCUT2D eigenvalue weighted by Crippen LogP contribution is 2.29. The SMILES string of the molecule is C/C(=C\C=C\[C@@H](C)CNC(=O)N1CCCC1)[C@H]1OC(=O)C[C@H](C)CC[C@@](C)(O)[C@@H](OC(=O)N2CCN(C)CC2)/C=C/[C@@H]1C. The zero-order valence-electron chi connectivity index (χ0n) is 27.1. The van der Waals surface area contributed by atoms with E-state index in [1.807, 2.05) is 63.9 Å². The van der Waals surface area contributed by atoms with E-state index in [0.717, 1.165) is 44.6 Å². The number of nitrogens with zero attached hydrogens (tertiary/aromatic N) is 3. The summed E-state index contributed by atoms with van der Waals surface area (Å²) in [4.78, 5) is 43.9. The Hall–Kier alpha value is -2.85. The number of hydrogen-bond donors (Lipinski definition) is 2. The van der Waals surface area contributed by atoms with E-state index in [4.69, 9.17) is 9.47 Å². The van der Waals surface area contributed by atoms with E-state index >= 15 is 0 Å². The number of carbonyl (C=O) groups is 3. The van der Waals surface area contributed by atoms with Gasteiger partial charge in [-0.05, 0) is 70.1 Å². The molecular weight excluding hydrogens is 548 g/mol. The van der Waals surface area contributed by atoms with Crippen molar-refractivity contribution in [2.24, 2.45) is 17.8 Å². The van der Waals surface area contributed by atoms with E-state index in [1.54, 1.807) is 17.9 Å². The van der Waals surface area contributed by atoms with Gasteiger partial charge < -0.3 is 34.6 Å². The van der Waals surface area contributed by atoms with Crippen molar-refractivity contribution in [3.63, 3.8) is 0 Å². The topological polar surface area (TPSA) is 112 Å². The number of likely N-dealkylation sites (N-methyl/N-ethyl adjacent to an activating group) is 1. The molecule has 43 heavy (non-hydrogen) atoms. The number of likely N-dealkylation sites (tertiary alicyclic amines) is 1. The molecule has 242 valence electrons. The standard InChI is InChI=1S/C33H54N4O6/c1-24-14-15-33(5,41)28(42-32(40)37-20-18-35(6)19-21-37)13-12-27(4)30(43-29(38)22-24)26(3)11-9-10-25(2)23-34-31(39)36-16-7-8-17-36/h9-13,24-25,27-28,30,41H,7-8,14-23H2,1-6H3,(H,34,39)/b10-9+,13-12+,26-11+/t24-,25-,27+,28+,30-,33-/m1/s1. The van der Waals surface area contributed by atoms with Crippen LogP contribution in [0.4, 0.5) is 9.59 Å². The molecule has 0 unspecified atom stereocenters. The molecule has 3 aliphatic heterocycles. The van der Waals surface area contributed by atoms with Crippen LogP contribution in [0, 0.1) is 17.8 Å². The second-order valence-corrected chi connectivity index (χ2v) is 13.1. The van der Waals surface area contributed by atoms with Crippen LogP contribution < -0.4 is 5.32 Å². The number of hydrogen-bond acceptors (Lipinski definition) is 7. The number of carbonyl (C=O) groups excluding carboxylic acids is 3. The Morgan fingerprint density at radius 1 is 1.14 bits per heavy atom. The van der Waals surface area contributed by atoms with Crippen LogP contribution in [0.2, 0.25) is 0 Å². The lowest BCUT2D eigenvalue weighted by atomic mass is 9.87. The van der Waals surface area contributed by atoms with Crippen molar-refractivity contribution in [2.75, 3.05) is 52.9 Å². The number of amides is 3.